The maximum atomic E-state index is 13.0. The standard InChI is InChI=1S/C14H20O.C10H20F2/c1-4-5-6-7-13(3)15-14-10-8-12(2)9-11-14;1-4-6-7-10(11,12)8-9(3)5-2/h7-11H,4-6H2,1-3H3;9H,4-8H2,1-3H3/b13-7-;. The molecule has 1 rings (SSSR count). The summed E-state index contributed by atoms with van der Waals surface area (Å²) in [5, 5.41) is 0. The molecule has 1 aromatic carbocycles. The van der Waals surface area contributed by atoms with Crippen LogP contribution in [-0.2, 0) is 0 Å². The quantitative estimate of drug-likeness (QED) is 0.274. The SMILES string of the molecule is CCCC/C=C(/C)Oc1ccc(C)cc1.CCCCC(F)(F)CC(C)CC. The lowest BCUT2D eigenvalue weighted by molar-refractivity contribution is -0.0310. The first-order valence-corrected chi connectivity index (χ1v) is 10.5. The molecule has 3 heteroatoms. The van der Waals surface area contributed by atoms with E-state index in [4.69, 9.17) is 4.74 Å². The van der Waals surface area contributed by atoms with E-state index in [-0.39, 0.29) is 18.8 Å². The average Bonchev–Trinajstić information content (AvgIpc) is 2.62. The molecule has 0 radical (unpaired) electrons. The van der Waals surface area contributed by atoms with Gasteiger partial charge in [-0.25, -0.2) is 8.78 Å². The van der Waals surface area contributed by atoms with E-state index in [1.165, 1.54) is 18.4 Å². The van der Waals surface area contributed by atoms with Crippen molar-refractivity contribution >= 4 is 0 Å². The molecule has 1 aromatic rings. The molecule has 0 bridgehead atoms. The second-order valence-corrected chi connectivity index (χ2v) is 7.55. The third-order valence-electron chi connectivity index (χ3n) is 4.53. The van der Waals surface area contributed by atoms with Crippen LogP contribution in [0.3, 0.4) is 0 Å². The number of rotatable bonds is 11. The summed E-state index contributed by atoms with van der Waals surface area (Å²) in [7, 11) is 0. The van der Waals surface area contributed by atoms with Crippen molar-refractivity contribution in [2.24, 2.45) is 5.92 Å². The van der Waals surface area contributed by atoms with Crippen LogP contribution in [0.1, 0.15) is 91.5 Å². The lowest BCUT2D eigenvalue weighted by Crippen LogP contribution is -2.19. The van der Waals surface area contributed by atoms with Crippen LogP contribution in [0.2, 0.25) is 0 Å². The van der Waals surface area contributed by atoms with Crippen molar-refractivity contribution in [3.8, 4) is 5.75 Å². The third-order valence-corrected chi connectivity index (χ3v) is 4.53. The lowest BCUT2D eigenvalue weighted by atomic mass is 9.97. The lowest BCUT2D eigenvalue weighted by Gasteiger charge is -2.19. The molecule has 0 spiro atoms. The van der Waals surface area contributed by atoms with Crippen LogP contribution >= 0.6 is 0 Å². The second kappa shape index (κ2) is 14.6. The number of allylic oxidation sites excluding steroid dienone is 2. The summed E-state index contributed by atoms with van der Waals surface area (Å²) in [5.41, 5.74) is 1.26. The Kier molecular flexibility index (Phi) is 13.9. The van der Waals surface area contributed by atoms with Crippen LogP contribution in [0.25, 0.3) is 0 Å². The highest BCUT2D eigenvalue weighted by atomic mass is 19.3. The molecular weight excluding hydrogens is 342 g/mol. The second-order valence-electron chi connectivity index (χ2n) is 7.55. The molecule has 156 valence electrons. The molecule has 0 saturated heterocycles. The van der Waals surface area contributed by atoms with E-state index in [2.05, 4.69) is 32.1 Å². The first kappa shape index (κ1) is 25.6. The van der Waals surface area contributed by atoms with Gasteiger partial charge >= 0.3 is 0 Å². The van der Waals surface area contributed by atoms with Gasteiger partial charge in [0.25, 0.3) is 0 Å². The molecule has 1 nitrogen and oxygen atoms in total. The molecule has 0 N–H and O–H groups in total. The molecule has 1 atom stereocenters. The van der Waals surface area contributed by atoms with Crippen molar-refractivity contribution in [3.05, 3.63) is 41.7 Å². The van der Waals surface area contributed by atoms with Gasteiger partial charge in [0.1, 0.15) is 5.75 Å². The van der Waals surface area contributed by atoms with Crippen LogP contribution in [0.15, 0.2) is 36.1 Å². The van der Waals surface area contributed by atoms with Crippen LogP contribution in [0.5, 0.6) is 5.75 Å². The Balaban J connectivity index is 0.000000516. The minimum atomic E-state index is -2.43. The van der Waals surface area contributed by atoms with Crippen LogP contribution in [0.4, 0.5) is 8.78 Å². The first-order valence-electron chi connectivity index (χ1n) is 10.5. The van der Waals surface area contributed by atoms with Crippen LogP contribution in [-0.4, -0.2) is 5.92 Å². The van der Waals surface area contributed by atoms with Gasteiger partial charge in [0.15, 0.2) is 0 Å². The molecule has 0 aromatic heterocycles. The Hall–Kier alpha value is -1.38. The van der Waals surface area contributed by atoms with Gasteiger partial charge in [-0.15, -0.1) is 0 Å². The highest BCUT2D eigenvalue weighted by Gasteiger charge is 2.29. The predicted octanol–water partition coefficient (Wildman–Crippen LogP) is 8.72. The normalized spacial score (nSPS) is 13.0. The fraction of sp³-hybridized carbons (Fsp3) is 0.667. The summed E-state index contributed by atoms with van der Waals surface area (Å²) in [6.07, 6.45) is 8.19. The number of hydrogen-bond donors (Lipinski definition) is 0. The number of benzene rings is 1. The summed E-state index contributed by atoms with van der Waals surface area (Å²) in [6.45, 7) is 12.1. The largest absolute Gasteiger partial charge is 0.462 e. The Labute approximate surface area is 166 Å². The average molecular weight is 383 g/mol. The molecule has 0 amide bonds. The molecule has 0 saturated carbocycles. The third kappa shape index (κ3) is 14.4. The van der Waals surface area contributed by atoms with Crippen LogP contribution in [0, 0.1) is 12.8 Å². The highest BCUT2D eigenvalue weighted by Crippen LogP contribution is 2.29. The maximum absolute atomic E-state index is 13.0. The fourth-order valence-corrected chi connectivity index (χ4v) is 2.53. The molecule has 0 fully saturated rings. The molecule has 0 aliphatic rings. The first-order chi connectivity index (χ1) is 12.7. The Morgan fingerprint density at radius 2 is 1.67 bits per heavy atom. The summed E-state index contributed by atoms with van der Waals surface area (Å²) in [6, 6.07) is 8.14. The van der Waals surface area contributed by atoms with E-state index < -0.39 is 5.92 Å². The van der Waals surface area contributed by atoms with Crippen molar-refractivity contribution in [1.82, 2.24) is 0 Å². The molecular formula is C24H40F2O. The topological polar surface area (TPSA) is 9.23 Å². The van der Waals surface area contributed by atoms with Gasteiger partial charge in [0.05, 0.1) is 5.76 Å². The zero-order valence-electron chi connectivity index (χ0n) is 18.3. The van der Waals surface area contributed by atoms with Gasteiger partial charge in [0, 0.05) is 12.8 Å². The number of hydrogen-bond acceptors (Lipinski definition) is 1. The number of alkyl halides is 2. The smallest absolute Gasteiger partial charge is 0.248 e. The van der Waals surface area contributed by atoms with Gasteiger partial charge in [-0.1, -0.05) is 64.7 Å². The van der Waals surface area contributed by atoms with Gasteiger partial charge in [-0.05, 0) is 57.2 Å². The molecule has 0 aliphatic carbocycles. The van der Waals surface area contributed by atoms with Crippen molar-refractivity contribution < 1.29 is 13.5 Å². The molecule has 0 heterocycles. The number of halogens is 2. The van der Waals surface area contributed by atoms with E-state index in [1.807, 2.05) is 39.8 Å². The van der Waals surface area contributed by atoms with E-state index in [9.17, 15) is 8.78 Å². The zero-order valence-corrected chi connectivity index (χ0v) is 18.3. The zero-order chi connectivity index (χ0) is 20.7. The molecule has 27 heavy (non-hydrogen) atoms. The van der Waals surface area contributed by atoms with Crippen molar-refractivity contribution in [2.45, 2.75) is 98.8 Å². The maximum Gasteiger partial charge on any atom is 0.248 e. The van der Waals surface area contributed by atoms with Gasteiger partial charge < -0.3 is 4.74 Å². The van der Waals surface area contributed by atoms with Crippen molar-refractivity contribution in [1.29, 1.82) is 0 Å². The van der Waals surface area contributed by atoms with Crippen molar-refractivity contribution in [3.63, 3.8) is 0 Å². The minimum Gasteiger partial charge on any atom is -0.462 e. The summed E-state index contributed by atoms with van der Waals surface area (Å²) in [4.78, 5) is 0. The van der Waals surface area contributed by atoms with Gasteiger partial charge in [0.2, 0.25) is 5.92 Å². The Bertz CT molecular complexity index is 506. The van der Waals surface area contributed by atoms with E-state index in [0.29, 0.717) is 6.42 Å². The summed E-state index contributed by atoms with van der Waals surface area (Å²) >= 11 is 0. The fourth-order valence-electron chi connectivity index (χ4n) is 2.53. The Morgan fingerprint density at radius 3 is 2.19 bits per heavy atom. The summed E-state index contributed by atoms with van der Waals surface area (Å²) in [5.74, 6) is -0.360. The van der Waals surface area contributed by atoms with E-state index in [1.54, 1.807) is 0 Å². The molecule has 0 aliphatic heterocycles. The van der Waals surface area contributed by atoms with Gasteiger partial charge in [-0.3, -0.25) is 0 Å². The summed E-state index contributed by atoms with van der Waals surface area (Å²) < 4.78 is 31.8. The highest BCUT2D eigenvalue weighted by molar-refractivity contribution is 5.27. The minimum absolute atomic E-state index is 0.0590. The van der Waals surface area contributed by atoms with E-state index >= 15 is 0 Å². The van der Waals surface area contributed by atoms with E-state index in [0.717, 1.165) is 30.8 Å². The van der Waals surface area contributed by atoms with Crippen LogP contribution < -0.4 is 4.74 Å². The Morgan fingerprint density at radius 1 is 1.07 bits per heavy atom. The monoisotopic (exact) mass is 382 g/mol. The van der Waals surface area contributed by atoms with Crippen molar-refractivity contribution in [2.75, 3.05) is 0 Å². The van der Waals surface area contributed by atoms with Gasteiger partial charge in [-0.2, -0.15) is 0 Å². The predicted molar refractivity (Wildman–Crippen MR) is 114 cm³/mol. The number of ether oxygens (including phenoxy) is 1. The number of unbranched alkanes of at least 4 members (excludes halogenated alkanes) is 3. The number of aryl methyl sites for hydroxylation is 1. The molecule has 1 unspecified atom stereocenters.